The van der Waals surface area contributed by atoms with Gasteiger partial charge in [-0.3, -0.25) is 9.69 Å². The lowest BCUT2D eigenvalue weighted by atomic mass is 10.1. The minimum Gasteiger partial charge on any atom is -0.309 e. The molecule has 0 fully saturated rings. The van der Waals surface area contributed by atoms with Crippen molar-refractivity contribution in [2.75, 3.05) is 45.2 Å². The first-order chi connectivity index (χ1) is 17.1. The van der Waals surface area contributed by atoms with E-state index >= 15 is 0 Å². The van der Waals surface area contributed by atoms with Crippen molar-refractivity contribution in [1.82, 2.24) is 14.2 Å². The van der Waals surface area contributed by atoms with Crippen molar-refractivity contribution in [3.63, 3.8) is 0 Å². The first-order valence-electron chi connectivity index (χ1n) is 11.7. The van der Waals surface area contributed by atoms with E-state index in [-0.39, 0.29) is 36.3 Å². The Morgan fingerprint density at radius 2 is 1.65 bits per heavy atom. The lowest BCUT2D eigenvalue weighted by Crippen LogP contribution is -2.33. The van der Waals surface area contributed by atoms with Gasteiger partial charge in [0.1, 0.15) is 0 Å². The van der Waals surface area contributed by atoms with Gasteiger partial charge in [0.05, 0.1) is 15.1 Å². The monoisotopic (exact) mass is 562 g/mol. The Kier molecular flexibility index (Phi) is 11.0. The highest BCUT2D eigenvalue weighted by Gasteiger charge is 2.25. The molecule has 0 atom stereocenters. The van der Waals surface area contributed by atoms with Gasteiger partial charge in [0.15, 0.2) is 5.13 Å². The zero-order chi connectivity index (χ0) is 26.5. The molecule has 0 bridgehead atoms. The average Bonchev–Trinajstić information content (AvgIpc) is 3.25. The van der Waals surface area contributed by atoms with Crippen molar-refractivity contribution >= 4 is 55.0 Å². The molecule has 0 spiro atoms. The Hall–Kier alpha value is -2.56. The highest BCUT2D eigenvalue weighted by Crippen LogP contribution is 2.32. The number of hydrogen-bond donors (Lipinski definition) is 0. The fourth-order valence-electron chi connectivity index (χ4n) is 3.94. The molecule has 1 aromatic heterocycles. The van der Waals surface area contributed by atoms with E-state index in [9.17, 15) is 13.2 Å². The van der Waals surface area contributed by atoms with E-state index < -0.39 is 10.0 Å². The summed E-state index contributed by atoms with van der Waals surface area (Å²) in [6.07, 6.45) is 3.84. The molecule has 0 saturated heterocycles. The molecule has 0 aliphatic heterocycles. The van der Waals surface area contributed by atoms with Gasteiger partial charge in [0.2, 0.25) is 10.0 Å². The number of carbonyl (C=O) groups excluding carboxylic acids is 1. The Balaban J connectivity index is 0.00000481. The molecule has 0 saturated carbocycles. The van der Waals surface area contributed by atoms with Gasteiger partial charge in [0, 0.05) is 25.2 Å². The normalized spacial score (nSPS) is 11.5. The van der Waals surface area contributed by atoms with Gasteiger partial charge < -0.3 is 4.90 Å². The fourth-order valence-corrected chi connectivity index (χ4v) is 6.48. The summed E-state index contributed by atoms with van der Waals surface area (Å²) in [6.45, 7) is 13.0. The maximum Gasteiger partial charge on any atom is 0.260 e. The largest absolute Gasteiger partial charge is 0.309 e. The van der Waals surface area contributed by atoms with Crippen LogP contribution in [0.25, 0.3) is 10.2 Å². The van der Waals surface area contributed by atoms with Crippen molar-refractivity contribution in [2.45, 2.75) is 25.2 Å². The van der Waals surface area contributed by atoms with Gasteiger partial charge in [-0.2, -0.15) is 4.31 Å². The lowest BCUT2D eigenvalue weighted by Gasteiger charge is -2.22. The summed E-state index contributed by atoms with van der Waals surface area (Å²) in [5, 5.41) is 0.641. The highest BCUT2D eigenvalue weighted by molar-refractivity contribution is 7.89. The van der Waals surface area contributed by atoms with E-state index in [0.717, 1.165) is 34.3 Å². The number of benzene rings is 2. The first kappa shape index (κ1) is 30.7. The van der Waals surface area contributed by atoms with Gasteiger partial charge >= 0.3 is 0 Å². The molecule has 10 heteroatoms. The van der Waals surface area contributed by atoms with Gasteiger partial charge in [0.25, 0.3) is 5.91 Å². The molecule has 3 rings (SSSR count). The standard InChI is InChI=1S/C27H34N4O3S2.ClH/c1-7-14-30(15-8-2)36(33,34)23-12-10-22(11-13-23)26(32)31(17-9-16-29(5)6)27-28-25-21(4)18-20(3)19-24(25)35-27;/h7-8,10-13,18-19H,1-2,9,14-17H2,3-6H3;1H. The van der Waals surface area contributed by atoms with E-state index in [1.54, 1.807) is 17.0 Å². The molecule has 0 radical (unpaired) electrons. The Morgan fingerprint density at radius 1 is 1.03 bits per heavy atom. The topological polar surface area (TPSA) is 73.8 Å². The predicted octanol–water partition coefficient (Wildman–Crippen LogP) is 5.30. The third kappa shape index (κ3) is 7.27. The van der Waals surface area contributed by atoms with Gasteiger partial charge in [-0.05, 0) is 82.4 Å². The van der Waals surface area contributed by atoms with Crippen LogP contribution in [0.15, 0.2) is 66.6 Å². The number of carbonyl (C=O) groups is 1. The fraction of sp³-hybridized carbons (Fsp3) is 0.333. The number of anilines is 1. The predicted molar refractivity (Wildman–Crippen MR) is 157 cm³/mol. The summed E-state index contributed by atoms with van der Waals surface area (Å²) in [7, 11) is 0.254. The van der Waals surface area contributed by atoms with Crippen LogP contribution >= 0.6 is 23.7 Å². The van der Waals surface area contributed by atoms with Crippen LogP contribution in [0, 0.1) is 13.8 Å². The van der Waals surface area contributed by atoms with Crippen LogP contribution in [-0.4, -0.2) is 68.8 Å². The Morgan fingerprint density at radius 3 is 2.22 bits per heavy atom. The summed E-state index contributed by atoms with van der Waals surface area (Å²) >= 11 is 1.50. The number of halogens is 1. The summed E-state index contributed by atoms with van der Waals surface area (Å²) in [5.41, 5.74) is 3.53. The highest BCUT2D eigenvalue weighted by atomic mass is 35.5. The second-order valence-electron chi connectivity index (χ2n) is 8.96. The second kappa shape index (κ2) is 13.3. The summed E-state index contributed by atoms with van der Waals surface area (Å²) in [4.78, 5) is 22.3. The quantitative estimate of drug-likeness (QED) is 0.280. The maximum atomic E-state index is 13.6. The molecular weight excluding hydrogens is 528 g/mol. The van der Waals surface area contributed by atoms with E-state index in [2.05, 4.69) is 30.2 Å². The zero-order valence-corrected chi connectivity index (χ0v) is 24.3. The molecule has 0 N–H and O–H groups in total. The second-order valence-corrected chi connectivity index (χ2v) is 11.9. The SMILES string of the molecule is C=CCN(CC=C)S(=O)(=O)c1ccc(C(=O)N(CCCN(C)C)c2nc3c(C)cc(C)cc3s2)cc1.Cl. The molecular formula is C27H35ClN4O3S2. The number of thiazole rings is 1. The molecule has 2 aromatic carbocycles. The smallest absolute Gasteiger partial charge is 0.260 e. The van der Waals surface area contributed by atoms with E-state index in [0.29, 0.717) is 17.2 Å². The number of sulfonamides is 1. The van der Waals surface area contributed by atoms with Gasteiger partial charge in [-0.15, -0.1) is 25.6 Å². The van der Waals surface area contributed by atoms with Gasteiger partial charge in [-0.1, -0.05) is 29.6 Å². The van der Waals surface area contributed by atoms with Crippen molar-refractivity contribution in [3.8, 4) is 0 Å². The van der Waals surface area contributed by atoms with E-state index in [1.807, 2.05) is 27.9 Å². The zero-order valence-electron chi connectivity index (χ0n) is 21.8. The molecule has 0 aliphatic rings. The average molecular weight is 563 g/mol. The summed E-state index contributed by atoms with van der Waals surface area (Å²) < 4.78 is 28.4. The summed E-state index contributed by atoms with van der Waals surface area (Å²) in [6, 6.07) is 10.3. The number of aromatic nitrogens is 1. The molecule has 200 valence electrons. The molecule has 1 heterocycles. The van der Waals surface area contributed by atoms with Crippen molar-refractivity contribution in [3.05, 3.63) is 78.4 Å². The minimum absolute atomic E-state index is 0. The van der Waals surface area contributed by atoms with Crippen molar-refractivity contribution < 1.29 is 13.2 Å². The number of amides is 1. The molecule has 3 aromatic rings. The maximum absolute atomic E-state index is 13.6. The van der Waals surface area contributed by atoms with Crippen LogP contribution in [0.2, 0.25) is 0 Å². The van der Waals surface area contributed by atoms with Gasteiger partial charge in [-0.25, -0.2) is 13.4 Å². The van der Waals surface area contributed by atoms with Crippen LogP contribution in [0.3, 0.4) is 0 Å². The molecule has 0 unspecified atom stereocenters. The van der Waals surface area contributed by atoms with Crippen LogP contribution in [-0.2, 0) is 10.0 Å². The Bertz CT molecular complexity index is 1340. The van der Waals surface area contributed by atoms with E-state index in [4.69, 9.17) is 4.98 Å². The van der Waals surface area contributed by atoms with E-state index in [1.165, 1.54) is 39.9 Å². The number of nitrogens with zero attached hydrogens (tertiary/aromatic N) is 4. The number of fused-ring (bicyclic) bond motifs is 1. The molecule has 1 amide bonds. The minimum atomic E-state index is -3.74. The lowest BCUT2D eigenvalue weighted by molar-refractivity contribution is 0.0986. The number of rotatable bonds is 12. The van der Waals surface area contributed by atoms with Crippen LogP contribution in [0.5, 0.6) is 0 Å². The van der Waals surface area contributed by atoms with Crippen LogP contribution in [0.4, 0.5) is 5.13 Å². The third-order valence-corrected chi connectivity index (χ3v) is 8.56. The Labute approximate surface area is 230 Å². The van der Waals surface area contributed by atoms with Crippen molar-refractivity contribution in [2.24, 2.45) is 0 Å². The number of hydrogen-bond acceptors (Lipinski definition) is 6. The summed E-state index contributed by atoms with van der Waals surface area (Å²) in [5.74, 6) is -0.208. The molecule has 37 heavy (non-hydrogen) atoms. The third-order valence-electron chi connectivity index (χ3n) is 5.69. The van der Waals surface area contributed by atoms with Crippen LogP contribution in [0.1, 0.15) is 27.9 Å². The molecule has 7 nitrogen and oxygen atoms in total. The van der Waals surface area contributed by atoms with Crippen LogP contribution < -0.4 is 4.90 Å². The van der Waals surface area contributed by atoms with Crippen molar-refractivity contribution in [1.29, 1.82) is 0 Å². The number of aryl methyl sites for hydroxylation is 2. The molecule has 0 aliphatic carbocycles. The first-order valence-corrected chi connectivity index (χ1v) is 14.0.